The van der Waals surface area contributed by atoms with Crippen molar-refractivity contribution in [1.82, 2.24) is 5.32 Å². The number of amides is 1. The van der Waals surface area contributed by atoms with E-state index in [9.17, 15) is 4.79 Å². The van der Waals surface area contributed by atoms with Crippen LogP contribution in [0.4, 0.5) is 5.69 Å². The maximum absolute atomic E-state index is 12.2. The van der Waals surface area contributed by atoms with Gasteiger partial charge in [-0.25, -0.2) is 0 Å². The molecule has 0 aliphatic carbocycles. The molecule has 3 rings (SSSR count). The van der Waals surface area contributed by atoms with Crippen LogP contribution in [-0.2, 0) is 4.79 Å². The Kier molecular flexibility index (Phi) is 5.30. The van der Waals surface area contributed by atoms with Crippen LogP contribution in [0, 0.1) is 6.92 Å². The number of aryl methyl sites for hydroxylation is 1. The first-order valence-corrected chi connectivity index (χ1v) is 9.11. The van der Waals surface area contributed by atoms with Crippen LogP contribution in [0.1, 0.15) is 11.1 Å². The van der Waals surface area contributed by atoms with Crippen LogP contribution in [0.15, 0.2) is 41.3 Å². The Morgan fingerprint density at radius 2 is 2.00 bits per heavy atom. The summed E-state index contributed by atoms with van der Waals surface area (Å²) in [7, 11) is 0. The lowest BCUT2D eigenvalue weighted by atomic mass is 10.2. The van der Waals surface area contributed by atoms with Gasteiger partial charge in [-0.05, 0) is 48.4 Å². The van der Waals surface area contributed by atoms with E-state index in [1.807, 2.05) is 25.1 Å². The topological polar surface area (TPSA) is 41.1 Å². The summed E-state index contributed by atoms with van der Waals surface area (Å²) in [5.74, 6) is -0.153. The summed E-state index contributed by atoms with van der Waals surface area (Å²) in [5, 5.41) is 7.74. The second kappa shape index (κ2) is 7.28. The van der Waals surface area contributed by atoms with Gasteiger partial charge in [-0.3, -0.25) is 4.79 Å². The smallest absolute Gasteiger partial charge is 0.260 e. The number of nitrogens with one attached hydrogen (secondary N) is 2. The van der Waals surface area contributed by atoms with Crippen LogP contribution in [0.5, 0.6) is 0 Å². The largest absolute Gasteiger partial charge is 0.356 e. The van der Waals surface area contributed by atoms with Crippen molar-refractivity contribution in [3.05, 3.63) is 67.5 Å². The normalized spacial score (nSPS) is 18.8. The van der Waals surface area contributed by atoms with Crippen molar-refractivity contribution >= 4 is 64.2 Å². The van der Waals surface area contributed by atoms with Crippen LogP contribution in [-0.4, -0.2) is 11.4 Å². The first kappa shape index (κ1) is 17.5. The molecule has 1 fully saturated rings. The van der Waals surface area contributed by atoms with E-state index >= 15 is 0 Å². The maximum Gasteiger partial charge on any atom is 0.260 e. The molecule has 2 aromatic carbocycles. The molecule has 1 atom stereocenters. The molecule has 2 aromatic rings. The van der Waals surface area contributed by atoms with Crippen molar-refractivity contribution in [2.45, 2.75) is 12.4 Å². The minimum absolute atomic E-state index is 0.153. The predicted octanol–water partition coefficient (Wildman–Crippen LogP) is 5.55. The average molecular weight is 400 g/mol. The van der Waals surface area contributed by atoms with Crippen LogP contribution in [0.3, 0.4) is 0 Å². The fourth-order valence-electron chi connectivity index (χ4n) is 2.27. The van der Waals surface area contributed by atoms with Gasteiger partial charge in [0.15, 0.2) is 5.50 Å². The molecule has 0 bridgehead atoms. The van der Waals surface area contributed by atoms with Gasteiger partial charge in [-0.1, -0.05) is 58.7 Å². The fourth-order valence-corrected chi connectivity index (χ4v) is 3.82. The quantitative estimate of drug-likeness (QED) is 0.664. The molecule has 0 saturated carbocycles. The van der Waals surface area contributed by atoms with Gasteiger partial charge in [0.2, 0.25) is 0 Å². The molecule has 1 heterocycles. The maximum atomic E-state index is 12.2. The first-order chi connectivity index (χ1) is 11.4. The molecule has 0 radical (unpaired) electrons. The molecule has 1 unspecified atom stereocenters. The van der Waals surface area contributed by atoms with E-state index in [4.69, 9.17) is 34.8 Å². The number of carbonyl (C=O) groups excluding carboxylic acids is 1. The lowest BCUT2D eigenvalue weighted by Crippen LogP contribution is -2.31. The predicted molar refractivity (Wildman–Crippen MR) is 104 cm³/mol. The highest BCUT2D eigenvalue weighted by molar-refractivity contribution is 8.05. The van der Waals surface area contributed by atoms with E-state index in [0.717, 1.165) is 11.3 Å². The molecule has 0 aromatic heterocycles. The van der Waals surface area contributed by atoms with Crippen molar-refractivity contribution < 1.29 is 4.79 Å². The third-order valence-electron chi connectivity index (χ3n) is 3.47. The molecule has 1 amide bonds. The highest BCUT2D eigenvalue weighted by atomic mass is 35.5. The third-order valence-corrected chi connectivity index (χ3v) is 5.57. The van der Waals surface area contributed by atoms with Crippen molar-refractivity contribution in [2.75, 3.05) is 5.32 Å². The van der Waals surface area contributed by atoms with E-state index in [1.54, 1.807) is 24.3 Å². The summed E-state index contributed by atoms with van der Waals surface area (Å²) in [5.41, 5.74) is 2.37. The van der Waals surface area contributed by atoms with Gasteiger partial charge < -0.3 is 10.6 Å². The molecule has 24 heavy (non-hydrogen) atoms. The molecule has 3 nitrogen and oxygen atoms in total. The number of hydrogen-bond acceptors (Lipinski definition) is 3. The van der Waals surface area contributed by atoms with Crippen LogP contribution < -0.4 is 10.6 Å². The Morgan fingerprint density at radius 1 is 1.21 bits per heavy atom. The van der Waals surface area contributed by atoms with Crippen LogP contribution in [0.25, 0.3) is 6.08 Å². The summed E-state index contributed by atoms with van der Waals surface area (Å²) in [6.07, 6.45) is 1.74. The zero-order valence-corrected chi connectivity index (χ0v) is 15.7. The average Bonchev–Trinajstić information content (AvgIpc) is 2.87. The van der Waals surface area contributed by atoms with Crippen molar-refractivity contribution in [3.63, 3.8) is 0 Å². The Bertz CT molecular complexity index is 839. The van der Waals surface area contributed by atoms with E-state index in [0.29, 0.717) is 25.5 Å². The summed E-state index contributed by atoms with van der Waals surface area (Å²) < 4.78 is 0. The molecule has 1 saturated heterocycles. The van der Waals surface area contributed by atoms with E-state index < -0.39 is 0 Å². The number of carbonyl (C=O) groups is 1. The minimum atomic E-state index is -0.262. The molecule has 0 spiro atoms. The Labute approximate surface area is 159 Å². The standard InChI is InChI=1S/C17H13Cl3N2OS/c1-9-7-11(18)5-6-13(9)21-17-22-16(23)14(24-17)8-10-3-2-4-12(19)15(10)20/h2-8,17,21H,1H3,(H,22,23)/b14-8-. The van der Waals surface area contributed by atoms with Gasteiger partial charge in [-0.2, -0.15) is 0 Å². The van der Waals surface area contributed by atoms with Crippen molar-refractivity contribution in [1.29, 1.82) is 0 Å². The molecule has 2 N–H and O–H groups in total. The summed E-state index contributed by atoms with van der Waals surface area (Å²) in [6.45, 7) is 1.96. The summed E-state index contributed by atoms with van der Waals surface area (Å²) in [6, 6.07) is 10.9. The second-order valence-corrected chi connectivity index (χ2v) is 7.60. The fraction of sp³-hybridized carbons (Fsp3) is 0.118. The SMILES string of the molecule is Cc1cc(Cl)ccc1NC1NC(=O)/C(=C/c2cccc(Cl)c2Cl)S1. The Hall–Kier alpha value is -1.33. The van der Waals surface area contributed by atoms with E-state index in [-0.39, 0.29) is 11.4 Å². The van der Waals surface area contributed by atoms with E-state index in [2.05, 4.69) is 10.6 Å². The number of anilines is 1. The summed E-state index contributed by atoms with van der Waals surface area (Å²) >= 11 is 19.5. The first-order valence-electron chi connectivity index (χ1n) is 7.10. The highest BCUT2D eigenvalue weighted by Gasteiger charge is 2.27. The Morgan fingerprint density at radius 3 is 2.75 bits per heavy atom. The van der Waals surface area contributed by atoms with E-state index in [1.165, 1.54) is 11.8 Å². The van der Waals surface area contributed by atoms with Crippen LogP contribution >= 0.6 is 46.6 Å². The minimum Gasteiger partial charge on any atom is -0.356 e. The number of hydrogen-bond donors (Lipinski definition) is 2. The number of thioether (sulfide) groups is 1. The van der Waals surface area contributed by atoms with Crippen molar-refractivity contribution in [2.24, 2.45) is 0 Å². The molecule has 1 aliphatic heterocycles. The monoisotopic (exact) mass is 398 g/mol. The van der Waals surface area contributed by atoms with Gasteiger partial charge in [0.25, 0.3) is 5.91 Å². The van der Waals surface area contributed by atoms with Gasteiger partial charge in [-0.15, -0.1) is 0 Å². The highest BCUT2D eigenvalue weighted by Crippen LogP contribution is 2.34. The van der Waals surface area contributed by atoms with Gasteiger partial charge >= 0.3 is 0 Å². The molecular weight excluding hydrogens is 387 g/mol. The third kappa shape index (κ3) is 3.83. The number of benzene rings is 2. The number of halogens is 3. The van der Waals surface area contributed by atoms with Gasteiger partial charge in [0.05, 0.1) is 15.0 Å². The second-order valence-electron chi connectivity index (χ2n) is 5.23. The Balaban J connectivity index is 1.78. The van der Waals surface area contributed by atoms with Gasteiger partial charge in [0, 0.05) is 10.7 Å². The lowest BCUT2D eigenvalue weighted by Gasteiger charge is -2.15. The summed E-state index contributed by atoms with van der Waals surface area (Å²) in [4.78, 5) is 12.7. The molecule has 7 heteroatoms. The van der Waals surface area contributed by atoms with Gasteiger partial charge in [0.1, 0.15) is 0 Å². The zero-order chi connectivity index (χ0) is 17.3. The lowest BCUT2D eigenvalue weighted by molar-refractivity contribution is -0.116. The molecule has 124 valence electrons. The number of rotatable bonds is 3. The zero-order valence-electron chi connectivity index (χ0n) is 12.6. The van der Waals surface area contributed by atoms with Crippen LogP contribution in [0.2, 0.25) is 15.1 Å². The molecule has 1 aliphatic rings. The van der Waals surface area contributed by atoms with Crippen molar-refractivity contribution in [3.8, 4) is 0 Å². The molecular formula is C17H13Cl3N2OS.